The summed E-state index contributed by atoms with van der Waals surface area (Å²) in [7, 11) is 0. The zero-order chi connectivity index (χ0) is 17.0. The van der Waals surface area contributed by atoms with Crippen molar-refractivity contribution in [2.45, 2.75) is 0 Å². The minimum absolute atomic E-state index is 0.0548. The standard InChI is InChI=1S/C16H7ClFN3O3/c17-11-5-7(1-4-12(11)18)21-14-13(19-20-21)15(23)9-3-2-8(22)6-10(9)16(14)24/h1-6,22H. The molecule has 118 valence electrons. The number of fused-ring (bicyclic) bond motifs is 2. The van der Waals surface area contributed by atoms with Gasteiger partial charge in [0.1, 0.15) is 17.3 Å². The van der Waals surface area contributed by atoms with E-state index in [9.17, 15) is 19.1 Å². The van der Waals surface area contributed by atoms with Gasteiger partial charge in [-0.2, -0.15) is 0 Å². The quantitative estimate of drug-likeness (QED) is 0.574. The summed E-state index contributed by atoms with van der Waals surface area (Å²) in [6, 6.07) is 7.67. The van der Waals surface area contributed by atoms with Gasteiger partial charge in [-0.25, -0.2) is 9.07 Å². The van der Waals surface area contributed by atoms with Gasteiger partial charge in [-0.05, 0) is 36.4 Å². The molecule has 1 N–H and O–H groups in total. The first kappa shape index (κ1) is 14.5. The Hall–Kier alpha value is -3.06. The molecule has 6 nitrogen and oxygen atoms in total. The molecule has 4 rings (SSSR count). The van der Waals surface area contributed by atoms with Crippen molar-refractivity contribution < 1.29 is 19.1 Å². The number of aromatic nitrogens is 3. The largest absolute Gasteiger partial charge is 0.508 e. The monoisotopic (exact) mass is 343 g/mol. The van der Waals surface area contributed by atoms with Crippen molar-refractivity contribution in [2.24, 2.45) is 0 Å². The van der Waals surface area contributed by atoms with Gasteiger partial charge in [-0.15, -0.1) is 5.10 Å². The number of phenolic OH excluding ortho intramolecular Hbond substituents is 1. The van der Waals surface area contributed by atoms with Crippen LogP contribution in [0.25, 0.3) is 5.69 Å². The fraction of sp³-hybridized carbons (Fsp3) is 0. The number of carbonyl (C=O) groups excluding carboxylic acids is 2. The lowest BCUT2D eigenvalue weighted by atomic mass is 9.90. The molecule has 0 spiro atoms. The van der Waals surface area contributed by atoms with E-state index >= 15 is 0 Å². The van der Waals surface area contributed by atoms with E-state index in [4.69, 9.17) is 11.6 Å². The van der Waals surface area contributed by atoms with Crippen LogP contribution >= 0.6 is 11.6 Å². The smallest absolute Gasteiger partial charge is 0.216 e. The minimum atomic E-state index is -0.618. The summed E-state index contributed by atoms with van der Waals surface area (Å²) >= 11 is 5.76. The zero-order valence-corrected chi connectivity index (χ0v) is 12.6. The molecule has 1 aromatic heterocycles. The Morgan fingerprint density at radius 3 is 2.58 bits per heavy atom. The Balaban J connectivity index is 1.94. The predicted octanol–water partition coefficient (Wildman–Crippen LogP) is 2.54. The minimum Gasteiger partial charge on any atom is -0.508 e. The summed E-state index contributed by atoms with van der Waals surface area (Å²) in [5, 5.41) is 17.0. The molecule has 1 aliphatic rings. The lowest BCUT2D eigenvalue weighted by Crippen LogP contribution is -2.23. The van der Waals surface area contributed by atoms with Crippen molar-refractivity contribution in [1.29, 1.82) is 0 Å². The predicted molar refractivity (Wildman–Crippen MR) is 81.3 cm³/mol. The van der Waals surface area contributed by atoms with E-state index in [-0.39, 0.29) is 33.3 Å². The molecule has 0 fully saturated rings. The Morgan fingerprint density at radius 2 is 1.83 bits per heavy atom. The van der Waals surface area contributed by atoms with Crippen LogP contribution in [0.2, 0.25) is 5.02 Å². The summed E-state index contributed by atoms with van der Waals surface area (Å²) in [6.07, 6.45) is 0. The number of carbonyl (C=O) groups is 2. The molecule has 0 bridgehead atoms. The molecule has 2 aromatic carbocycles. The Bertz CT molecular complexity index is 1050. The molecular weight excluding hydrogens is 337 g/mol. The second kappa shape index (κ2) is 4.97. The highest BCUT2D eigenvalue weighted by molar-refractivity contribution is 6.31. The lowest BCUT2D eigenvalue weighted by Gasteiger charge is -2.14. The van der Waals surface area contributed by atoms with Gasteiger partial charge in [0.15, 0.2) is 5.69 Å². The Morgan fingerprint density at radius 1 is 1.04 bits per heavy atom. The highest BCUT2D eigenvalue weighted by Gasteiger charge is 2.35. The van der Waals surface area contributed by atoms with E-state index in [1.165, 1.54) is 30.3 Å². The van der Waals surface area contributed by atoms with Gasteiger partial charge in [0.2, 0.25) is 11.6 Å². The maximum atomic E-state index is 13.3. The number of ketones is 2. The van der Waals surface area contributed by atoms with E-state index in [0.717, 1.165) is 10.7 Å². The van der Waals surface area contributed by atoms with Gasteiger partial charge in [0.25, 0.3) is 0 Å². The van der Waals surface area contributed by atoms with Gasteiger partial charge >= 0.3 is 0 Å². The molecule has 0 saturated heterocycles. The first-order chi connectivity index (χ1) is 11.5. The van der Waals surface area contributed by atoms with Crippen molar-refractivity contribution >= 4 is 23.2 Å². The van der Waals surface area contributed by atoms with Crippen molar-refractivity contribution in [3.8, 4) is 11.4 Å². The topological polar surface area (TPSA) is 85.1 Å². The van der Waals surface area contributed by atoms with Crippen molar-refractivity contribution in [3.63, 3.8) is 0 Å². The van der Waals surface area contributed by atoms with Crippen LogP contribution in [-0.4, -0.2) is 31.7 Å². The number of rotatable bonds is 1. The summed E-state index contributed by atoms with van der Waals surface area (Å²) in [5.41, 5.74) is 0.345. The van der Waals surface area contributed by atoms with Crippen LogP contribution in [0.5, 0.6) is 5.75 Å². The fourth-order valence-electron chi connectivity index (χ4n) is 2.61. The van der Waals surface area contributed by atoms with Crippen LogP contribution in [0.15, 0.2) is 36.4 Å². The molecular formula is C16H7ClFN3O3. The second-order valence-corrected chi connectivity index (χ2v) is 5.59. The fourth-order valence-corrected chi connectivity index (χ4v) is 2.78. The molecule has 8 heteroatoms. The number of phenols is 1. The third-order valence-corrected chi connectivity index (χ3v) is 4.03. The normalized spacial score (nSPS) is 12.9. The highest BCUT2D eigenvalue weighted by Crippen LogP contribution is 2.30. The summed E-state index contributed by atoms with van der Waals surface area (Å²) in [6.45, 7) is 0. The maximum Gasteiger partial charge on any atom is 0.216 e. The zero-order valence-electron chi connectivity index (χ0n) is 11.8. The third-order valence-electron chi connectivity index (χ3n) is 3.74. The van der Waals surface area contributed by atoms with Gasteiger partial charge in [-0.1, -0.05) is 16.8 Å². The van der Waals surface area contributed by atoms with Crippen LogP contribution in [0, 0.1) is 5.82 Å². The van der Waals surface area contributed by atoms with E-state index in [2.05, 4.69) is 10.3 Å². The number of benzene rings is 2. The van der Waals surface area contributed by atoms with E-state index in [1.54, 1.807) is 0 Å². The van der Waals surface area contributed by atoms with Gasteiger partial charge in [0, 0.05) is 11.1 Å². The summed E-state index contributed by atoms with van der Waals surface area (Å²) in [4.78, 5) is 25.2. The molecule has 1 heterocycles. The lowest BCUT2D eigenvalue weighted by molar-refractivity contribution is 0.0972. The van der Waals surface area contributed by atoms with Crippen molar-refractivity contribution in [2.75, 3.05) is 0 Å². The Kier molecular flexibility index (Phi) is 3.01. The average Bonchev–Trinajstić information content (AvgIpc) is 3.00. The maximum absolute atomic E-state index is 13.3. The number of hydrogen-bond donors (Lipinski definition) is 1. The third kappa shape index (κ3) is 1.95. The molecule has 0 unspecified atom stereocenters. The summed E-state index contributed by atoms with van der Waals surface area (Å²) < 4.78 is 14.5. The van der Waals surface area contributed by atoms with Crippen LogP contribution in [-0.2, 0) is 0 Å². The van der Waals surface area contributed by atoms with E-state index in [1.807, 2.05) is 0 Å². The first-order valence-electron chi connectivity index (χ1n) is 6.81. The molecule has 24 heavy (non-hydrogen) atoms. The molecule has 3 aromatic rings. The van der Waals surface area contributed by atoms with Crippen LogP contribution in [0.1, 0.15) is 32.1 Å². The highest BCUT2D eigenvalue weighted by atomic mass is 35.5. The number of aromatic hydroxyl groups is 1. The number of nitrogens with zero attached hydrogens (tertiary/aromatic N) is 3. The van der Waals surface area contributed by atoms with Gasteiger partial charge in [-0.3, -0.25) is 9.59 Å². The molecule has 0 saturated carbocycles. The number of hydrogen-bond acceptors (Lipinski definition) is 5. The number of halogens is 2. The van der Waals surface area contributed by atoms with Gasteiger partial charge < -0.3 is 5.11 Å². The van der Waals surface area contributed by atoms with Crippen molar-refractivity contribution in [1.82, 2.24) is 15.0 Å². The van der Waals surface area contributed by atoms with E-state index in [0.29, 0.717) is 5.69 Å². The first-order valence-corrected chi connectivity index (χ1v) is 7.18. The van der Waals surface area contributed by atoms with E-state index < -0.39 is 17.4 Å². The van der Waals surface area contributed by atoms with Gasteiger partial charge in [0.05, 0.1) is 10.7 Å². The molecule has 0 atom stereocenters. The molecule has 0 radical (unpaired) electrons. The molecule has 0 aliphatic heterocycles. The summed E-state index contributed by atoms with van der Waals surface area (Å²) in [5.74, 6) is -1.74. The molecule has 0 amide bonds. The van der Waals surface area contributed by atoms with Crippen LogP contribution in [0.4, 0.5) is 4.39 Å². The second-order valence-electron chi connectivity index (χ2n) is 5.19. The van der Waals surface area contributed by atoms with Crippen LogP contribution < -0.4 is 0 Å². The van der Waals surface area contributed by atoms with Crippen molar-refractivity contribution in [3.05, 3.63) is 69.8 Å². The average molecular weight is 344 g/mol. The Labute approximate surface area is 139 Å². The van der Waals surface area contributed by atoms with Crippen LogP contribution in [0.3, 0.4) is 0 Å². The molecule has 1 aliphatic carbocycles. The SMILES string of the molecule is O=C1c2ccc(O)cc2C(=O)c2c1nnn2-c1ccc(F)c(Cl)c1.